The average Bonchev–Trinajstić information content (AvgIpc) is 2.53. The molecule has 7 heteroatoms. The largest absolute Gasteiger partial charge is 0.320 e. The van der Waals surface area contributed by atoms with Crippen LogP contribution >= 0.6 is 12.4 Å². The number of halogens is 2. The summed E-state index contributed by atoms with van der Waals surface area (Å²) in [5.74, 6) is -0.716. The summed E-state index contributed by atoms with van der Waals surface area (Å²) in [6.07, 6.45) is 2.91. The number of rotatable bonds is 6. The van der Waals surface area contributed by atoms with E-state index in [2.05, 4.69) is 5.32 Å². The van der Waals surface area contributed by atoms with Crippen LogP contribution in [0.25, 0.3) is 0 Å². The van der Waals surface area contributed by atoms with Crippen molar-refractivity contribution < 1.29 is 9.18 Å². The van der Waals surface area contributed by atoms with Gasteiger partial charge in [0.05, 0.1) is 12.1 Å². The van der Waals surface area contributed by atoms with Crippen LogP contribution in [0.5, 0.6) is 0 Å². The molecule has 0 aliphatic carbocycles. The first-order valence-electron chi connectivity index (χ1n) is 7.87. The van der Waals surface area contributed by atoms with E-state index in [0.29, 0.717) is 6.42 Å². The summed E-state index contributed by atoms with van der Waals surface area (Å²) in [7, 11) is 0. The van der Waals surface area contributed by atoms with Gasteiger partial charge in [-0.1, -0.05) is 25.5 Å². The van der Waals surface area contributed by atoms with Crippen molar-refractivity contribution in [3.05, 3.63) is 64.3 Å². The van der Waals surface area contributed by atoms with Crippen LogP contribution in [0.4, 0.5) is 10.1 Å². The van der Waals surface area contributed by atoms with Crippen LogP contribution in [0.3, 0.4) is 0 Å². The SMILES string of the molecule is CCCC(C)(N)C(=O)Nc1cccn(Cc2ccc(F)cc2)c1=O.Cl. The van der Waals surface area contributed by atoms with Crippen molar-refractivity contribution >= 4 is 24.0 Å². The predicted octanol–water partition coefficient (Wildman–Crippen LogP) is 2.91. The highest BCUT2D eigenvalue weighted by molar-refractivity contribution is 5.97. The molecule has 0 aliphatic rings. The van der Waals surface area contributed by atoms with E-state index in [1.54, 1.807) is 37.4 Å². The Morgan fingerprint density at radius 1 is 1.28 bits per heavy atom. The van der Waals surface area contributed by atoms with Crippen LogP contribution in [0, 0.1) is 5.82 Å². The Bertz CT molecular complexity index is 773. The van der Waals surface area contributed by atoms with E-state index in [-0.39, 0.29) is 41.9 Å². The van der Waals surface area contributed by atoms with Gasteiger partial charge >= 0.3 is 0 Å². The maximum atomic E-state index is 13.0. The minimum atomic E-state index is -1.03. The fourth-order valence-electron chi connectivity index (χ4n) is 2.44. The van der Waals surface area contributed by atoms with Gasteiger partial charge in [0.2, 0.25) is 5.91 Å². The van der Waals surface area contributed by atoms with Gasteiger partial charge < -0.3 is 15.6 Å². The number of pyridine rings is 1. The van der Waals surface area contributed by atoms with E-state index in [1.165, 1.54) is 16.7 Å². The lowest BCUT2D eigenvalue weighted by atomic mass is 9.96. The quantitative estimate of drug-likeness (QED) is 0.824. The Morgan fingerprint density at radius 3 is 2.52 bits per heavy atom. The molecule has 3 N–H and O–H groups in total. The standard InChI is InChI=1S/C18H22FN3O2.ClH/c1-3-10-18(2,20)17(24)21-15-5-4-11-22(16(15)23)12-13-6-8-14(19)9-7-13;/h4-9,11H,3,10,12,20H2,1-2H3,(H,21,24);1H. The Hall–Kier alpha value is -2.18. The number of nitrogens with zero attached hydrogens (tertiary/aromatic N) is 1. The zero-order valence-electron chi connectivity index (χ0n) is 14.3. The maximum absolute atomic E-state index is 13.0. The monoisotopic (exact) mass is 367 g/mol. The van der Waals surface area contributed by atoms with Crippen molar-refractivity contribution in [2.75, 3.05) is 5.32 Å². The normalized spacial score (nSPS) is 12.8. The van der Waals surface area contributed by atoms with E-state index in [9.17, 15) is 14.0 Å². The molecule has 0 saturated heterocycles. The summed E-state index contributed by atoms with van der Waals surface area (Å²) in [6.45, 7) is 3.88. The molecule has 0 aliphatic heterocycles. The Balaban J connectivity index is 0.00000312. The summed E-state index contributed by atoms with van der Waals surface area (Å²) < 4.78 is 14.4. The molecule has 0 fully saturated rings. The van der Waals surface area contributed by atoms with E-state index in [0.717, 1.165) is 12.0 Å². The van der Waals surface area contributed by atoms with Gasteiger partial charge in [-0.15, -0.1) is 12.4 Å². The second-order valence-electron chi connectivity index (χ2n) is 6.10. The second kappa shape index (κ2) is 8.78. The van der Waals surface area contributed by atoms with Crippen LogP contribution in [0.1, 0.15) is 32.3 Å². The number of hydrogen-bond donors (Lipinski definition) is 2. The molecule has 1 aromatic carbocycles. The smallest absolute Gasteiger partial charge is 0.274 e. The van der Waals surface area contributed by atoms with Gasteiger partial charge in [0.1, 0.15) is 11.5 Å². The molecule has 1 heterocycles. The first kappa shape index (κ1) is 20.9. The molecule has 0 saturated carbocycles. The molecule has 1 amide bonds. The van der Waals surface area contributed by atoms with Gasteiger partial charge in [-0.25, -0.2) is 4.39 Å². The zero-order chi connectivity index (χ0) is 17.7. The molecule has 0 spiro atoms. The van der Waals surface area contributed by atoms with E-state index in [4.69, 9.17) is 5.73 Å². The highest BCUT2D eigenvalue weighted by Gasteiger charge is 2.27. The van der Waals surface area contributed by atoms with Crippen molar-refractivity contribution in [2.24, 2.45) is 5.73 Å². The van der Waals surface area contributed by atoms with Crippen LogP contribution < -0.4 is 16.6 Å². The number of benzene rings is 1. The third-order valence-electron chi connectivity index (χ3n) is 3.82. The Kier molecular flexibility index (Phi) is 7.33. The minimum absolute atomic E-state index is 0. The lowest BCUT2D eigenvalue weighted by Crippen LogP contribution is -2.49. The predicted molar refractivity (Wildman–Crippen MR) is 99.6 cm³/mol. The summed E-state index contributed by atoms with van der Waals surface area (Å²) in [4.78, 5) is 24.8. The molecule has 1 aromatic heterocycles. The number of aromatic nitrogens is 1. The number of carbonyl (C=O) groups is 1. The van der Waals surface area contributed by atoms with Crippen molar-refractivity contribution in [3.63, 3.8) is 0 Å². The van der Waals surface area contributed by atoms with Gasteiger partial charge in [0.15, 0.2) is 0 Å². The number of nitrogens with two attached hydrogens (primary N) is 1. The molecule has 1 atom stereocenters. The molecule has 5 nitrogen and oxygen atoms in total. The summed E-state index contributed by atoms with van der Waals surface area (Å²) in [5, 5.41) is 2.61. The number of carbonyl (C=O) groups excluding carboxylic acids is 1. The van der Waals surface area contributed by atoms with Gasteiger partial charge in [-0.2, -0.15) is 0 Å². The third kappa shape index (κ3) is 5.41. The van der Waals surface area contributed by atoms with Gasteiger partial charge in [-0.3, -0.25) is 9.59 Å². The van der Waals surface area contributed by atoms with E-state index in [1.807, 2.05) is 6.92 Å². The van der Waals surface area contributed by atoms with E-state index >= 15 is 0 Å². The summed E-state index contributed by atoms with van der Waals surface area (Å²) >= 11 is 0. The fourth-order valence-corrected chi connectivity index (χ4v) is 2.44. The average molecular weight is 368 g/mol. The molecule has 136 valence electrons. The van der Waals surface area contributed by atoms with Crippen molar-refractivity contribution in [1.82, 2.24) is 4.57 Å². The lowest BCUT2D eigenvalue weighted by Gasteiger charge is -2.22. The van der Waals surface area contributed by atoms with Crippen molar-refractivity contribution in [3.8, 4) is 0 Å². The number of hydrogen-bond acceptors (Lipinski definition) is 3. The fraction of sp³-hybridized carbons (Fsp3) is 0.333. The van der Waals surface area contributed by atoms with Crippen LogP contribution in [0.2, 0.25) is 0 Å². The first-order chi connectivity index (χ1) is 11.3. The van der Waals surface area contributed by atoms with Gasteiger partial charge in [0, 0.05) is 6.20 Å². The highest BCUT2D eigenvalue weighted by Crippen LogP contribution is 2.12. The van der Waals surface area contributed by atoms with Crippen LogP contribution in [-0.2, 0) is 11.3 Å². The Labute approximate surface area is 152 Å². The Morgan fingerprint density at radius 2 is 1.92 bits per heavy atom. The highest BCUT2D eigenvalue weighted by atomic mass is 35.5. The van der Waals surface area contributed by atoms with E-state index < -0.39 is 5.54 Å². The number of nitrogens with one attached hydrogen (secondary N) is 1. The summed E-state index contributed by atoms with van der Waals surface area (Å²) in [5.41, 5.74) is 5.59. The molecular formula is C18H23ClFN3O2. The molecule has 2 aromatic rings. The van der Waals surface area contributed by atoms with Gasteiger partial charge in [-0.05, 0) is 43.2 Å². The van der Waals surface area contributed by atoms with Gasteiger partial charge in [0.25, 0.3) is 5.56 Å². The molecule has 0 bridgehead atoms. The minimum Gasteiger partial charge on any atom is -0.320 e. The van der Waals surface area contributed by atoms with Crippen molar-refractivity contribution in [1.29, 1.82) is 0 Å². The van der Waals surface area contributed by atoms with Crippen LogP contribution in [-0.4, -0.2) is 16.0 Å². The molecule has 1 unspecified atom stereocenters. The lowest BCUT2D eigenvalue weighted by molar-refractivity contribution is -0.120. The molecule has 25 heavy (non-hydrogen) atoms. The first-order valence-corrected chi connectivity index (χ1v) is 7.87. The second-order valence-corrected chi connectivity index (χ2v) is 6.10. The number of amides is 1. The maximum Gasteiger partial charge on any atom is 0.274 e. The molecule has 2 rings (SSSR count). The van der Waals surface area contributed by atoms with Crippen LogP contribution in [0.15, 0.2) is 47.4 Å². The molecular weight excluding hydrogens is 345 g/mol. The molecule has 0 radical (unpaired) electrons. The zero-order valence-corrected chi connectivity index (χ0v) is 15.1. The topological polar surface area (TPSA) is 77.1 Å². The van der Waals surface area contributed by atoms with Crippen molar-refractivity contribution in [2.45, 2.75) is 38.8 Å². The third-order valence-corrected chi connectivity index (χ3v) is 3.82. The number of anilines is 1. The summed E-state index contributed by atoms with van der Waals surface area (Å²) in [6, 6.07) is 9.14.